The van der Waals surface area contributed by atoms with Crippen LogP contribution in [0, 0.1) is 13.8 Å². The van der Waals surface area contributed by atoms with Crippen molar-refractivity contribution < 1.29 is 4.52 Å². The standard InChI is InChI=1S/C9H9N3O/c1-6-3-4-8(11-10-6)9-5-7(2)13-12-9/h3-5H,1-2H3. The fraction of sp³-hybridized carbons (Fsp3) is 0.222. The molecule has 4 heteroatoms. The van der Waals surface area contributed by atoms with E-state index in [2.05, 4.69) is 15.4 Å². The van der Waals surface area contributed by atoms with Crippen LogP contribution in [0.15, 0.2) is 22.7 Å². The fourth-order valence-electron chi connectivity index (χ4n) is 1.02. The monoisotopic (exact) mass is 175 g/mol. The van der Waals surface area contributed by atoms with Crippen molar-refractivity contribution in [2.45, 2.75) is 13.8 Å². The molecule has 66 valence electrons. The van der Waals surface area contributed by atoms with Gasteiger partial charge in [0.2, 0.25) is 0 Å². The molecular weight excluding hydrogens is 166 g/mol. The summed E-state index contributed by atoms with van der Waals surface area (Å²) in [5.74, 6) is 0.775. The first-order valence-corrected chi connectivity index (χ1v) is 4.00. The molecule has 2 heterocycles. The normalized spacial score (nSPS) is 10.3. The quantitative estimate of drug-likeness (QED) is 0.662. The molecule has 0 saturated carbocycles. The zero-order valence-electron chi connectivity index (χ0n) is 7.48. The molecule has 2 rings (SSSR count). The maximum Gasteiger partial charge on any atom is 0.134 e. The topological polar surface area (TPSA) is 51.8 Å². The first-order chi connectivity index (χ1) is 6.25. The molecule has 0 aliphatic rings. The molecular formula is C9H9N3O. The molecule has 0 N–H and O–H groups in total. The Morgan fingerprint density at radius 3 is 2.46 bits per heavy atom. The molecule has 13 heavy (non-hydrogen) atoms. The van der Waals surface area contributed by atoms with Crippen LogP contribution >= 0.6 is 0 Å². The van der Waals surface area contributed by atoms with Crippen molar-refractivity contribution in [2.75, 3.05) is 0 Å². The Kier molecular flexibility index (Phi) is 1.81. The number of aryl methyl sites for hydroxylation is 2. The van der Waals surface area contributed by atoms with Gasteiger partial charge < -0.3 is 4.52 Å². The highest BCUT2D eigenvalue weighted by molar-refractivity contribution is 5.52. The average Bonchev–Trinajstić information content (AvgIpc) is 2.53. The van der Waals surface area contributed by atoms with Gasteiger partial charge in [-0.15, -0.1) is 5.10 Å². The van der Waals surface area contributed by atoms with E-state index < -0.39 is 0 Å². The second-order valence-corrected chi connectivity index (χ2v) is 2.88. The number of hydrogen-bond donors (Lipinski definition) is 0. The lowest BCUT2D eigenvalue weighted by atomic mass is 10.2. The molecule has 2 aromatic heterocycles. The maximum absolute atomic E-state index is 4.93. The fourth-order valence-corrected chi connectivity index (χ4v) is 1.02. The molecule has 2 aromatic rings. The van der Waals surface area contributed by atoms with Crippen LogP contribution in [0.1, 0.15) is 11.5 Å². The van der Waals surface area contributed by atoms with Crippen LogP contribution in [0.3, 0.4) is 0 Å². The molecule has 0 unspecified atom stereocenters. The Labute approximate surface area is 75.6 Å². The summed E-state index contributed by atoms with van der Waals surface area (Å²) in [6.45, 7) is 3.74. The minimum absolute atomic E-state index is 0.727. The molecule has 0 amide bonds. The van der Waals surface area contributed by atoms with Gasteiger partial charge in [-0.2, -0.15) is 5.10 Å². The molecule has 0 saturated heterocycles. The van der Waals surface area contributed by atoms with E-state index in [0.29, 0.717) is 0 Å². The summed E-state index contributed by atoms with van der Waals surface area (Å²) in [4.78, 5) is 0. The van der Waals surface area contributed by atoms with Crippen molar-refractivity contribution in [3.63, 3.8) is 0 Å². The van der Waals surface area contributed by atoms with E-state index in [1.807, 2.05) is 32.0 Å². The summed E-state index contributed by atoms with van der Waals surface area (Å²) in [7, 11) is 0. The van der Waals surface area contributed by atoms with Crippen molar-refractivity contribution in [2.24, 2.45) is 0 Å². The molecule has 4 nitrogen and oxygen atoms in total. The second-order valence-electron chi connectivity index (χ2n) is 2.88. The third-order valence-corrected chi connectivity index (χ3v) is 1.69. The van der Waals surface area contributed by atoms with Gasteiger partial charge in [-0.1, -0.05) is 5.16 Å². The van der Waals surface area contributed by atoms with Crippen molar-refractivity contribution in [1.82, 2.24) is 15.4 Å². The summed E-state index contributed by atoms with van der Waals surface area (Å²) >= 11 is 0. The number of nitrogens with zero attached hydrogens (tertiary/aromatic N) is 3. The van der Waals surface area contributed by atoms with Gasteiger partial charge in [-0.05, 0) is 26.0 Å². The van der Waals surface area contributed by atoms with Crippen molar-refractivity contribution in [3.05, 3.63) is 29.7 Å². The first-order valence-electron chi connectivity index (χ1n) is 4.00. The number of aromatic nitrogens is 3. The van der Waals surface area contributed by atoms with E-state index in [1.165, 1.54) is 0 Å². The predicted molar refractivity (Wildman–Crippen MR) is 47.0 cm³/mol. The van der Waals surface area contributed by atoms with Crippen LogP contribution in [-0.4, -0.2) is 15.4 Å². The Morgan fingerprint density at radius 1 is 1.08 bits per heavy atom. The third-order valence-electron chi connectivity index (χ3n) is 1.69. The first kappa shape index (κ1) is 7.91. The van der Waals surface area contributed by atoms with E-state index in [0.717, 1.165) is 22.8 Å². The van der Waals surface area contributed by atoms with E-state index in [-0.39, 0.29) is 0 Å². The Hall–Kier alpha value is -1.71. The summed E-state index contributed by atoms with van der Waals surface area (Å²) in [5, 5.41) is 11.8. The molecule has 0 bridgehead atoms. The van der Waals surface area contributed by atoms with Crippen molar-refractivity contribution in [3.8, 4) is 11.4 Å². The number of hydrogen-bond acceptors (Lipinski definition) is 4. The lowest BCUT2D eigenvalue weighted by Crippen LogP contribution is -1.88. The summed E-state index contributed by atoms with van der Waals surface area (Å²) < 4.78 is 4.93. The smallest absolute Gasteiger partial charge is 0.134 e. The summed E-state index contributed by atoms with van der Waals surface area (Å²) in [6, 6.07) is 5.60. The molecule has 0 spiro atoms. The van der Waals surface area contributed by atoms with E-state index in [9.17, 15) is 0 Å². The van der Waals surface area contributed by atoms with Crippen LogP contribution in [0.2, 0.25) is 0 Å². The second kappa shape index (κ2) is 2.97. The van der Waals surface area contributed by atoms with E-state index in [4.69, 9.17) is 4.52 Å². The summed E-state index contributed by atoms with van der Waals surface area (Å²) in [6.07, 6.45) is 0. The van der Waals surface area contributed by atoms with Gasteiger partial charge >= 0.3 is 0 Å². The highest BCUT2D eigenvalue weighted by Gasteiger charge is 2.04. The minimum Gasteiger partial charge on any atom is -0.361 e. The van der Waals surface area contributed by atoms with Gasteiger partial charge in [-0.25, -0.2) is 0 Å². The molecule has 0 fully saturated rings. The van der Waals surface area contributed by atoms with E-state index >= 15 is 0 Å². The Bertz CT molecular complexity index is 405. The Balaban J connectivity index is 2.41. The minimum atomic E-state index is 0.727. The molecule has 0 aromatic carbocycles. The van der Waals surface area contributed by atoms with Gasteiger partial charge in [0.1, 0.15) is 17.1 Å². The van der Waals surface area contributed by atoms with Crippen LogP contribution in [0.25, 0.3) is 11.4 Å². The lowest BCUT2D eigenvalue weighted by molar-refractivity contribution is 0.399. The molecule has 0 aliphatic carbocycles. The highest BCUT2D eigenvalue weighted by atomic mass is 16.5. The van der Waals surface area contributed by atoms with Gasteiger partial charge in [-0.3, -0.25) is 0 Å². The third kappa shape index (κ3) is 1.56. The molecule has 0 radical (unpaired) electrons. The van der Waals surface area contributed by atoms with Crippen molar-refractivity contribution >= 4 is 0 Å². The maximum atomic E-state index is 4.93. The SMILES string of the molecule is Cc1ccc(-c2cc(C)on2)nn1. The van der Waals surface area contributed by atoms with Crippen LogP contribution in [0.5, 0.6) is 0 Å². The lowest BCUT2D eigenvalue weighted by Gasteiger charge is -1.92. The molecule has 0 aliphatic heterocycles. The Morgan fingerprint density at radius 2 is 1.92 bits per heavy atom. The van der Waals surface area contributed by atoms with Gasteiger partial charge in [0.05, 0.1) is 5.69 Å². The van der Waals surface area contributed by atoms with E-state index in [1.54, 1.807) is 0 Å². The van der Waals surface area contributed by atoms with Crippen molar-refractivity contribution in [1.29, 1.82) is 0 Å². The van der Waals surface area contributed by atoms with Gasteiger partial charge in [0.15, 0.2) is 0 Å². The highest BCUT2D eigenvalue weighted by Crippen LogP contribution is 2.14. The zero-order valence-corrected chi connectivity index (χ0v) is 7.48. The largest absolute Gasteiger partial charge is 0.361 e. The van der Waals surface area contributed by atoms with Crippen LogP contribution in [0.4, 0.5) is 0 Å². The van der Waals surface area contributed by atoms with Gasteiger partial charge in [0.25, 0.3) is 0 Å². The zero-order chi connectivity index (χ0) is 9.26. The van der Waals surface area contributed by atoms with Crippen LogP contribution < -0.4 is 0 Å². The molecule has 0 atom stereocenters. The number of rotatable bonds is 1. The predicted octanol–water partition coefficient (Wildman–Crippen LogP) is 1.75. The van der Waals surface area contributed by atoms with Crippen LogP contribution in [-0.2, 0) is 0 Å². The van der Waals surface area contributed by atoms with Gasteiger partial charge in [0, 0.05) is 6.07 Å². The average molecular weight is 175 g/mol. The summed E-state index contributed by atoms with van der Waals surface area (Å²) in [5.41, 5.74) is 2.36.